The van der Waals surface area contributed by atoms with E-state index in [0.29, 0.717) is 24.5 Å². The molecule has 0 aliphatic heterocycles. The molecular weight excluding hydrogens is 376 g/mol. The highest BCUT2D eigenvalue weighted by molar-refractivity contribution is 7.89. The van der Waals surface area contributed by atoms with E-state index < -0.39 is 10.0 Å². The molecule has 0 aliphatic rings. The summed E-state index contributed by atoms with van der Waals surface area (Å²) < 4.78 is 32.5. The van der Waals surface area contributed by atoms with Gasteiger partial charge in [-0.2, -0.15) is 4.31 Å². The number of hydrogen-bond donors (Lipinski definition) is 2. The van der Waals surface area contributed by atoms with Crippen LogP contribution in [0.4, 0.5) is 11.4 Å². The molecule has 1 aromatic carbocycles. The van der Waals surface area contributed by atoms with Crippen LogP contribution >= 0.6 is 0 Å². The summed E-state index contributed by atoms with van der Waals surface area (Å²) in [5.41, 5.74) is 3.46. The predicted molar refractivity (Wildman–Crippen MR) is 113 cm³/mol. The fourth-order valence-electron chi connectivity index (χ4n) is 3.03. The van der Waals surface area contributed by atoms with E-state index in [1.54, 1.807) is 12.1 Å². The molecular formula is C20H32N4O3S. The van der Waals surface area contributed by atoms with Crippen LogP contribution in [0.3, 0.4) is 0 Å². The van der Waals surface area contributed by atoms with Gasteiger partial charge in [0, 0.05) is 31.7 Å². The number of unbranched alkanes of at least 4 members (excludes halogenated alkanes) is 1. The predicted octanol–water partition coefficient (Wildman–Crippen LogP) is 4.15. The van der Waals surface area contributed by atoms with Crippen molar-refractivity contribution in [2.75, 3.05) is 30.3 Å². The molecule has 1 heterocycles. The number of rotatable bonds is 11. The van der Waals surface area contributed by atoms with Crippen LogP contribution in [-0.2, 0) is 16.6 Å². The number of anilines is 2. The third-order valence-electron chi connectivity index (χ3n) is 4.82. The first-order chi connectivity index (χ1) is 13.3. The van der Waals surface area contributed by atoms with Crippen molar-refractivity contribution in [1.82, 2.24) is 9.46 Å². The molecule has 0 amide bonds. The summed E-state index contributed by atoms with van der Waals surface area (Å²) in [5.74, 6) is 0.761. The molecule has 156 valence electrons. The fraction of sp³-hybridized carbons (Fsp3) is 0.550. The lowest BCUT2D eigenvalue weighted by molar-refractivity contribution is 0.392. The van der Waals surface area contributed by atoms with E-state index in [1.165, 1.54) is 4.31 Å². The largest absolute Gasteiger partial charge is 0.383 e. The second-order valence-corrected chi connectivity index (χ2v) is 8.67. The van der Waals surface area contributed by atoms with Crippen LogP contribution in [0.25, 0.3) is 0 Å². The van der Waals surface area contributed by atoms with Gasteiger partial charge in [-0.25, -0.2) is 8.42 Å². The third-order valence-corrected chi connectivity index (χ3v) is 6.86. The van der Waals surface area contributed by atoms with Crippen molar-refractivity contribution in [3.8, 4) is 0 Å². The Kier molecular flexibility index (Phi) is 7.88. The molecule has 0 spiro atoms. The van der Waals surface area contributed by atoms with Crippen LogP contribution in [-0.4, -0.2) is 37.5 Å². The molecule has 1 aromatic heterocycles. The first-order valence-corrected chi connectivity index (χ1v) is 11.3. The average Bonchev–Trinajstić information content (AvgIpc) is 2.99. The Morgan fingerprint density at radius 3 is 2.36 bits per heavy atom. The Bertz CT molecular complexity index is 854. The quantitative estimate of drug-likeness (QED) is 0.543. The van der Waals surface area contributed by atoms with E-state index in [2.05, 4.69) is 22.7 Å². The van der Waals surface area contributed by atoms with Crippen molar-refractivity contribution in [2.24, 2.45) is 0 Å². The van der Waals surface area contributed by atoms with Gasteiger partial charge in [0.05, 0.1) is 22.0 Å². The normalized spacial score (nSPS) is 11.8. The third kappa shape index (κ3) is 5.05. The van der Waals surface area contributed by atoms with Gasteiger partial charge >= 0.3 is 0 Å². The van der Waals surface area contributed by atoms with Gasteiger partial charge in [0.2, 0.25) is 10.0 Å². The minimum Gasteiger partial charge on any atom is -0.383 e. The van der Waals surface area contributed by atoms with Gasteiger partial charge in [-0.05, 0) is 38.5 Å². The van der Waals surface area contributed by atoms with Gasteiger partial charge in [-0.1, -0.05) is 32.3 Å². The van der Waals surface area contributed by atoms with E-state index >= 15 is 0 Å². The van der Waals surface area contributed by atoms with Crippen molar-refractivity contribution in [3.05, 3.63) is 35.2 Å². The van der Waals surface area contributed by atoms with E-state index in [0.717, 1.165) is 47.8 Å². The number of aryl methyl sites for hydroxylation is 2. The number of hydrogen-bond acceptors (Lipinski definition) is 6. The molecule has 28 heavy (non-hydrogen) atoms. The van der Waals surface area contributed by atoms with Gasteiger partial charge < -0.3 is 15.2 Å². The summed E-state index contributed by atoms with van der Waals surface area (Å²) in [6.07, 6.45) is 2.13. The number of nitrogens with one attached hydrogen (secondary N) is 2. The van der Waals surface area contributed by atoms with Crippen LogP contribution < -0.4 is 10.6 Å². The summed E-state index contributed by atoms with van der Waals surface area (Å²) in [6.45, 7) is 11.8. The Balaban J connectivity index is 2.34. The smallest absolute Gasteiger partial charge is 0.243 e. The molecule has 0 saturated carbocycles. The first kappa shape index (κ1) is 22.2. The summed E-state index contributed by atoms with van der Waals surface area (Å²) in [7, 11) is -3.52. The molecule has 2 aromatic rings. The van der Waals surface area contributed by atoms with Gasteiger partial charge in [-0.3, -0.25) is 0 Å². The fourth-order valence-corrected chi connectivity index (χ4v) is 4.52. The van der Waals surface area contributed by atoms with Gasteiger partial charge in [0.1, 0.15) is 5.76 Å². The van der Waals surface area contributed by atoms with Gasteiger partial charge in [0.25, 0.3) is 0 Å². The zero-order valence-electron chi connectivity index (χ0n) is 17.5. The maximum atomic E-state index is 12.9. The SMILES string of the molecule is CCCCNc1ccc(S(=O)(=O)N(CC)CC)cc1NCc1c(C)noc1C. The highest BCUT2D eigenvalue weighted by Gasteiger charge is 2.22. The maximum Gasteiger partial charge on any atom is 0.243 e. The Hall–Kier alpha value is -2.06. The zero-order valence-corrected chi connectivity index (χ0v) is 18.3. The lowest BCUT2D eigenvalue weighted by Gasteiger charge is -2.20. The number of aromatic nitrogens is 1. The van der Waals surface area contributed by atoms with Crippen molar-refractivity contribution in [3.63, 3.8) is 0 Å². The topological polar surface area (TPSA) is 87.5 Å². The monoisotopic (exact) mass is 408 g/mol. The van der Waals surface area contributed by atoms with Crippen molar-refractivity contribution >= 4 is 21.4 Å². The molecule has 0 saturated heterocycles. The van der Waals surface area contributed by atoms with Crippen LogP contribution in [0, 0.1) is 13.8 Å². The average molecular weight is 409 g/mol. The lowest BCUT2D eigenvalue weighted by Crippen LogP contribution is -2.30. The van der Waals surface area contributed by atoms with E-state index in [9.17, 15) is 8.42 Å². The Labute approximate surface area is 168 Å². The summed E-state index contributed by atoms with van der Waals surface area (Å²) in [6, 6.07) is 5.21. The Morgan fingerprint density at radius 2 is 1.79 bits per heavy atom. The van der Waals surface area contributed by atoms with Gasteiger partial charge in [0.15, 0.2) is 0 Å². The lowest BCUT2D eigenvalue weighted by atomic mass is 10.2. The molecule has 0 atom stereocenters. The molecule has 0 fully saturated rings. The minimum absolute atomic E-state index is 0.290. The maximum absolute atomic E-state index is 12.9. The first-order valence-electron chi connectivity index (χ1n) is 9.88. The minimum atomic E-state index is -3.52. The van der Waals surface area contributed by atoms with Crippen LogP contribution in [0.15, 0.2) is 27.6 Å². The molecule has 0 unspecified atom stereocenters. The summed E-state index contributed by atoms with van der Waals surface area (Å²) in [5, 5.41) is 10.7. The van der Waals surface area contributed by atoms with Crippen molar-refractivity contribution in [1.29, 1.82) is 0 Å². The van der Waals surface area contributed by atoms with E-state index in [-0.39, 0.29) is 0 Å². The van der Waals surface area contributed by atoms with E-state index in [4.69, 9.17) is 4.52 Å². The highest BCUT2D eigenvalue weighted by atomic mass is 32.2. The van der Waals surface area contributed by atoms with Crippen LogP contribution in [0.1, 0.15) is 50.6 Å². The summed E-state index contributed by atoms with van der Waals surface area (Å²) in [4.78, 5) is 0.290. The van der Waals surface area contributed by atoms with Crippen molar-refractivity contribution in [2.45, 2.75) is 58.9 Å². The second-order valence-electron chi connectivity index (χ2n) is 6.73. The second kappa shape index (κ2) is 9.93. The standard InChI is InChI=1S/C20H32N4O3S/c1-6-9-12-21-19-11-10-17(28(25,26)24(7-2)8-3)13-20(19)22-14-18-15(4)23-27-16(18)5/h10-11,13,21-22H,6-9,12,14H2,1-5H3. The molecule has 2 N–H and O–H groups in total. The molecule has 0 bridgehead atoms. The van der Waals surface area contributed by atoms with Crippen molar-refractivity contribution < 1.29 is 12.9 Å². The Morgan fingerprint density at radius 1 is 1.07 bits per heavy atom. The number of nitrogens with zero attached hydrogens (tertiary/aromatic N) is 2. The molecule has 2 rings (SSSR count). The highest BCUT2D eigenvalue weighted by Crippen LogP contribution is 2.28. The molecule has 7 nitrogen and oxygen atoms in total. The molecule has 0 aliphatic carbocycles. The summed E-state index contributed by atoms with van der Waals surface area (Å²) >= 11 is 0. The molecule has 8 heteroatoms. The number of sulfonamides is 1. The number of benzene rings is 1. The zero-order chi connectivity index (χ0) is 20.7. The van der Waals surface area contributed by atoms with E-state index in [1.807, 2.05) is 33.8 Å². The van der Waals surface area contributed by atoms with Gasteiger partial charge in [-0.15, -0.1) is 0 Å². The van der Waals surface area contributed by atoms with Crippen LogP contribution in [0.5, 0.6) is 0 Å². The van der Waals surface area contributed by atoms with Crippen LogP contribution in [0.2, 0.25) is 0 Å². The molecule has 0 radical (unpaired) electrons.